The molecule has 1 aromatic carbocycles. The second-order valence-corrected chi connectivity index (χ2v) is 4.32. The van der Waals surface area contributed by atoms with Gasteiger partial charge in [0.2, 0.25) is 0 Å². The summed E-state index contributed by atoms with van der Waals surface area (Å²) in [5.74, 6) is -0.829. The lowest BCUT2D eigenvalue weighted by molar-refractivity contribution is -0.136. The van der Waals surface area contributed by atoms with Crippen LogP contribution in [0.5, 0.6) is 0 Å². The topological polar surface area (TPSA) is 89.9 Å². The van der Waals surface area contributed by atoms with Crippen LogP contribution in [-0.2, 0) is 11.2 Å². The van der Waals surface area contributed by atoms with Crippen LogP contribution in [0.15, 0.2) is 24.3 Å². The smallest absolute Gasteiger partial charge is 0.321 e. The first-order valence-corrected chi connectivity index (χ1v) is 6.54. The number of rotatable bonds is 7. The number of urea groups is 1. The van der Waals surface area contributed by atoms with Gasteiger partial charge in [-0.3, -0.25) is 4.79 Å². The maximum atomic E-state index is 11.9. The van der Waals surface area contributed by atoms with Crippen LogP contribution in [0.4, 0.5) is 10.5 Å². The molecule has 2 amide bonds. The van der Waals surface area contributed by atoms with Gasteiger partial charge in [0, 0.05) is 25.2 Å². The summed E-state index contributed by atoms with van der Waals surface area (Å²) >= 11 is 0. The third-order valence-corrected chi connectivity index (χ3v) is 2.87. The molecule has 0 aliphatic heterocycles. The SMILES string of the molecule is CCN(CCO)C(=O)Nc1ccc(CCC(=O)O)cc1. The number of aliphatic hydroxyl groups is 1. The Labute approximate surface area is 118 Å². The number of likely N-dealkylation sites (N-methyl/N-ethyl adjacent to an activating group) is 1. The Morgan fingerprint density at radius 2 is 1.90 bits per heavy atom. The van der Waals surface area contributed by atoms with Crippen LogP contribution < -0.4 is 5.32 Å². The number of nitrogens with one attached hydrogen (secondary N) is 1. The fourth-order valence-corrected chi connectivity index (χ4v) is 1.73. The van der Waals surface area contributed by atoms with E-state index in [2.05, 4.69) is 5.32 Å². The van der Waals surface area contributed by atoms with Crippen molar-refractivity contribution in [2.75, 3.05) is 25.0 Å². The summed E-state index contributed by atoms with van der Waals surface area (Å²) in [6.07, 6.45) is 0.557. The zero-order valence-corrected chi connectivity index (χ0v) is 11.5. The highest BCUT2D eigenvalue weighted by Gasteiger charge is 2.10. The van der Waals surface area contributed by atoms with Gasteiger partial charge >= 0.3 is 12.0 Å². The fourth-order valence-electron chi connectivity index (χ4n) is 1.73. The first kappa shape index (κ1) is 16.0. The number of carboxylic acids is 1. The highest BCUT2D eigenvalue weighted by Crippen LogP contribution is 2.12. The van der Waals surface area contributed by atoms with Crippen LogP contribution in [0, 0.1) is 0 Å². The van der Waals surface area contributed by atoms with Gasteiger partial charge in [0.15, 0.2) is 0 Å². The van der Waals surface area contributed by atoms with Gasteiger partial charge < -0.3 is 20.4 Å². The second kappa shape index (κ2) is 8.16. The minimum absolute atomic E-state index is 0.0740. The average Bonchev–Trinajstić information content (AvgIpc) is 2.43. The number of carbonyl (C=O) groups excluding carboxylic acids is 1. The molecule has 0 radical (unpaired) electrons. The molecule has 1 aromatic rings. The third-order valence-electron chi connectivity index (χ3n) is 2.87. The highest BCUT2D eigenvalue weighted by molar-refractivity contribution is 5.89. The van der Waals surface area contributed by atoms with Crippen molar-refractivity contribution in [3.63, 3.8) is 0 Å². The van der Waals surface area contributed by atoms with Gasteiger partial charge in [-0.2, -0.15) is 0 Å². The summed E-state index contributed by atoms with van der Waals surface area (Å²) < 4.78 is 0. The second-order valence-electron chi connectivity index (χ2n) is 4.32. The van der Waals surface area contributed by atoms with Crippen molar-refractivity contribution < 1.29 is 19.8 Å². The summed E-state index contributed by atoms with van der Waals surface area (Å²) in [7, 11) is 0. The summed E-state index contributed by atoms with van der Waals surface area (Å²) in [4.78, 5) is 23.8. The number of hydrogen-bond donors (Lipinski definition) is 3. The number of carboxylic acid groups (broad SMARTS) is 1. The van der Waals surface area contributed by atoms with Crippen LogP contribution >= 0.6 is 0 Å². The number of aliphatic carboxylic acids is 1. The van der Waals surface area contributed by atoms with Crippen LogP contribution in [0.2, 0.25) is 0 Å². The normalized spacial score (nSPS) is 10.1. The molecule has 0 aliphatic carbocycles. The number of carbonyl (C=O) groups is 2. The van der Waals surface area contributed by atoms with E-state index >= 15 is 0 Å². The Hall–Kier alpha value is -2.08. The Kier molecular flexibility index (Phi) is 6.52. The quantitative estimate of drug-likeness (QED) is 0.707. The van der Waals surface area contributed by atoms with Crippen molar-refractivity contribution >= 4 is 17.7 Å². The maximum absolute atomic E-state index is 11.9. The third kappa shape index (κ3) is 5.27. The predicted molar refractivity (Wildman–Crippen MR) is 75.8 cm³/mol. The molecule has 110 valence electrons. The lowest BCUT2D eigenvalue weighted by Crippen LogP contribution is -2.36. The van der Waals surface area contributed by atoms with E-state index in [0.29, 0.717) is 25.2 Å². The first-order chi connectivity index (χ1) is 9.56. The molecule has 0 aromatic heterocycles. The van der Waals surface area contributed by atoms with Crippen molar-refractivity contribution in [2.45, 2.75) is 19.8 Å². The molecule has 20 heavy (non-hydrogen) atoms. The van der Waals surface area contributed by atoms with Crippen LogP contribution in [-0.4, -0.2) is 46.8 Å². The highest BCUT2D eigenvalue weighted by atomic mass is 16.4. The van der Waals surface area contributed by atoms with Crippen LogP contribution in [0.25, 0.3) is 0 Å². The molecule has 0 bridgehead atoms. The minimum Gasteiger partial charge on any atom is -0.481 e. The van der Waals surface area contributed by atoms with Gasteiger partial charge in [-0.05, 0) is 31.0 Å². The molecule has 6 nitrogen and oxygen atoms in total. The average molecular weight is 280 g/mol. The summed E-state index contributed by atoms with van der Waals surface area (Å²) in [6, 6.07) is 6.80. The summed E-state index contributed by atoms with van der Waals surface area (Å²) in [6.45, 7) is 2.57. The minimum atomic E-state index is -0.829. The van der Waals surface area contributed by atoms with Crippen molar-refractivity contribution in [3.8, 4) is 0 Å². The number of aliphatic hydroxyl groups excluding tert-OH is 1. The van der Waals surface area contributed by atoms with Crippen LogP contribution in [0.3, 0.4) is 0 Å². The first-order valence-electron chi connectivity index (χ1n) is 6.54. The van der Waals surface area contributed by atoms with E-state index in [9.17, 15) is 9.59 Å². The monoisotopic (exact) mass is 280 g/mol. The van der Waals surface area contributed by atoms with Gasteiger partial charge in [-0.15, -0.1) is 0 Å². The number of anilines is 1. The maximum Gasteiger partial charge on any atom is 0.321 e. The zero-order chi connectivity index (χ0) is 15.0. The van der Waals surface area contributed by atoms with E-state index in [1.807, 2.05) is 6.92 Å². The molecule has 0 heterocycles. The Morgan fingerprint density at radius 3 is 2.40 bits per heavy atom. The van der Waals surface area contributed by atoms with Gasteiger partial charge in [-0.25, -0.2) is 4.79 Å². The molecule has 3 N–H and O–H groups in total. The van der Waals surface area contributed by atoms with Crippen molar-refractivity contribution in [1.29, 1.82) is 0 Å². The Bertz CT molecular complexity index is 445. The van der Waals surface area contributed by atoms with Gasteiger partial charge in [0.05, 0.1) is 6.61 Å². The van der Waals surface area contributed by atoms with Crippen LogP contribution in [0.1, 0.15) is 18.9 Å². The molecular weight excluding hydrogens is 260 g/mol. The summed E-state index contributed by atoms with van der Waals surface area (Å²) in [5, 5.41) is 20.2. The molecule has 0 saturated carbocycles. The summed E-state index contributed by atoms with van der Waals surface area (Å²) in [5.41, 5.74) is 1.55. The number of aryl methyl sites for hydroxylation is 1. The van der Waals surface area contributed by atoms with Gasteiger partial charge in [0.25, 0.3) is 0 Å². The van der Waals surface area contributed by atoms with Crippen molar-refractivity contribution in [1.82, 2.24) is 4.90 Å². The Morgan fingerprint density at radius 1 is 1.25 bits per heavy atom. The number of benzene rings is 1. The number of hydrogen-bond acceptors (Lipinski definition) is 3. The van der Waals surface area contributed by atoms with Gasteiger partial charge in [-0.1, -0.05) is 12.1 Å². The lowest BCUT2D eigenvalue weighted by atomic mass is 10.1. The molecule has 6 heteroatoms. The van der Waals surface area contributed by atoms with E-state index < -0.39 is 5.97 Å². The van der Waals surface area contributed by atoms with Crippen molar-refractivity contribution in [3.05, 3.63) is 29.8 Å². The fraction of sp³-hybridized carbons (Fsp3) is 0.429. The predicted octanol–water partition coefficient (Wildman–Crippen LogP) is 1.55. The lowest BCUT2D eigenvalue weighted by Gasteiger charge is -2.20. The number of nitrogens with zero attached hydrogens (tertiary/aromatic N) is 1. The van der Waals surface area contributed by atoms with E-state index in [1.165, 1.54) is 4.90 Å². The van der Waals surface area contributed by atoms with Gasteiger partial charge in [0.1, 0.15) is 0 Å². The van der Waals surface area contributed by atoms with E-state index in [4.69, 9.17) is 10.2 Å². The van der Waals surface area contributed by atoms with Crippen molar-refractivity contribution in [2.24, 2.45) is 0 Å². The van der Waals surface area contributed by atoms with E-state index in [1.54, 1.807) is 24.3 Å². The molecule has 0 spiro atoms. The molecule has 0 fully saturated rings. The Balaban J connectivity index is 2.56. The van der Waals surface area contributed by atoms with E-state index in [0.717, 1.165) is 5.56 Å². The molecule has 0 aliphatic rings. The standard InChI is InChI=1S/C14H20N2O4/c1-2-16(9-10-17)14(20)15-12-6-3-11(4-7-12)5-8-13(18)19/h3-4,6-7,17H,2,5,8-10H2,1H3,(H,15,20)(H,18,19). The van der Waals surface area contributed by atoms with E-state index in [-0.39, 0.29) is 19.1 Å². The molecular formula is C14H20N2O4. The molecule has 0 unspecified atom stereocenters. The molecule has 0 saturated heterocycles. The molecule has 0 atom stereocenters. The molecule has 1 rings (SSSR count). The zero-order valence-electron chi connectivity index (χ0n) is 11.5. The number of amides is 2. The largest absolute Gasteiger partial charge is 0.481 e.